The zero-order valence-corrected chi connectivity index (χ0v) is 16.3. The number of hydrogen-bond acceptors (Lipinski definition) is 3. The topological polar surface area (TPSA) is 64.1 Å². The van der Waals surface area contributed by atoms with Crippen molar-refractivity contribution in [3.05, 3.63) is 32.6 Å². The van der Waals surface area contributed by atoms with E-state index < -0.39 is 5.69 Å². The Morgan fingerprint density at radius 2 is 1.79 bits per heavy atom. The zero-order valence-electron chi connectivity index (χ0n) is 16.3. The van der Waals surface area contributed by atoms with Gasteiger partial charge in [-0.1, -0.05) is 48.5 Å². The van der Waals surface area contributed by atoms with Gasteiger partial charge in [0.05, 0.1) is 6.10 Å². The van der Waals surface area contributed by atoms with Crippen molar-refractivity contribution < 1.29 is 4.74 Å². The Labute approximate surface area is 144 Å². The summed E-state index contributed by atoms with van der Waals surface area (Å²) in [6, 6.07) is 0. The number of ether oxygens (including phenoxy) is 1. The summed E-state index contributed by atoms with van der Waals surface area (Å²) in [6.45, 7) is 17.3. The molecule has 0 spiro atoms. The van der Waals surface area contributed by atoms with E-state index in [4.69, 9.17) is 4.74 Å². The molecule has 1 fully saturated rings. The predicted molar refractivity (Wildman–Crippen MR) is 96.2 cm³/mol. The molecule has 4 atom stereocenters. The van der Waals surface area contributed by atoms with Crippen molar-refractivity contribution in [1.82, 2.24) is 9.55 Å². The molecule has 5 nitrogen and oxygen atoms in total. The molecule has 0 saturated carbocycles. The third kappa shape index (κ3) is 3.66. The van der Waals surface area contributed by atoms with Crippen molar-refractivity contribution in [1.29, 1.82) is 0 Å². The molecule has 2 heterocycles. The van der Waals surface area contributed by atoms with E-state index in [1.54, 1.807) is 17.7 Å². The number of nitrogens with one attached hydrogen (secondary N) is 1. The Balaban J connectivity index is 2.41. The summed E-state index contributed by atoms with van der Waals surface area (Å²) in [4.78, 5) is 26.2. The largest absolute Gasteiger partial charge is 0.354 e. The second kappa shape index (κ2) is 6.17. The maximum absolute atomic E-state index is 12.2. The van der Waals surface area contributed by atoms with E-state index >= 15 is 0 Å². The van der Waals surface area contributed by atoms with Crippen LogP contribution in [0.25, 0.3) is 0 Å². The van der Waals surface area contributed by atoms with Crippen molar-refractivity contribution in [3.8, 4) is 0 Å². The number of nitrogens with zero attached hydrogens (tertiary/aromatic N) is 1. The summed E-state index contributed by atoms with van der Waals surface area (Å²) in [5, 5.41) is 0. The van der Waals surface area contributed by atoms with Gasteiger partial charge in [-0.15, -0.1) is 0 Å². The quantitative estimate of drug-likeness (QED) is 0.899. The van der Waals surface area contributed by atoms with Crippen LogP contribution in [-0.4, -0.2) is 15.7 Å². The van der Waals surface area contributed by atoms with Crippen molar-refractivity contribution in [2.24, 2.45) is 22.7 Å². The van der Waals surface area contributed by atoms with E-state index in [1.807, 2.05) is 0 Å². The standard InChI is InChI=1S/C19H32N2O3/c1-11-10-21(17(23)20-16(11)22)14-9-13(19(6,7)8)15(24-14)12(2)18(3,4)5/h10,12-15H,9H2,1-8H3,(H,20,22,23)/t12-,13?,14-,15-/m1/s1. The third-order valence-electron chi connectivity index (χ3n) is 5.59. The first-order chi connectivity index (χ1) is 10.8. The summed E-state index contributed by atoms with van der Waals surface area (Å²) >= 11 is 0. The van der Waals surface area contributed by atoms with Gasteiger partial charge in [0.25, 0.3) is 5.56 Å². The smallest absolute Gasteiger partial charge is 0.330 e. The molecule has 1 aromatic rings. The van der Waals surface area contributed by atoms with Crippen LogP contribution >= 0.6 is 0 Å². The second-order valence-corrected chi connectivity index (χ2v) is 9.40. The Morgan fingerprint density at radius 1 is 1.21 bits per heavy atom. The van der Waals surface area contributed by atoms with Crippen LogP contribution in [-0.2, 0) is 4.74 Å². The normalized spacial score (nSPS) is 26.6. The third-order valence-corrected chi connectivity index (χ3v) is 5.59. The number of aromatic amines is 1. The van der Waals surface area contributed by atoms with Crippen molar-refractivity contribution in [3.63, 3.8) is 0 Å². The SMILES string of the molecule is Cc1cn([C@H]2CC(C(C)(C)C)[C@@H]([C@@H](C)C(C)(C)C)O2)c(=O)[nH]c1=O. The molecule has 0 aliphatic carbocycles. The van der Waals surface area contributed by atoms with E-state index in [0.717, 1.165) is 6.42 Å². The summed E-state index contributed by atoms with van der Waals surface area (Å²) in [6.07, 6.45) is 2.15. The molecule has 136 valence electrons. The number of aromatic nitrogens is 2. The molecule has 2 rings (SSSR count). The molecule has 0 amide bonds. The van der Waals surface area contributed by atoms with E-state index in [-0.39, 0.29) is 28.7 Å². The number of hydrogen-bond donors (Lipinski definition) is 1. The fraction of sp³-hybridized carbons (Fsp3) is 0.789. The molecular formula is C19H32N2O3. The summed E-state index contributed by atoms with van der Waals surface area (Å²) in [7, 11) is 0. The van der Waals surface area contributed by atoms with Crippen LogP contribution < -0.4 is 11.2 Å². The van der Waals surface area contributed by atoms with Crippen molar-refractivity contribution in [2.45, 2.75) is 74.1 Å². The highest BCUT2D eigenvalue weighted by Crippen LogP contribution is 2.48. The van der Waals surface area contributed by atoms with Gasteiger partial charge in [-0.3, -0.25) is 14.3 Å². The number of rotatable bonds is 2. The molecule has 5 heteroatoms. The molecular weight excluding hydrogens is 304 g/mol. The van der Waals surface area contributed by atoms with Crippen LogP contribution in [0, 0.1) is 29.6 Å². The lowest BCUT2D eigenvalue weighted by Crippen LogP contribution is -2.38. The van der Waals surface area contributed by atoms with Gasteiger partial charge < -0.3 is 4.74 Å². The molecule has 0 aromatic carbocycles. The Bertz CT molecular complexity index is 703. The monoisotopic (exact) mass is 336 g/mol. The maximum atomic E-state index is 12.2. The first-order valence-electron chi connectivity index (χ1n) is 8.80. The van der Waals surface area contributed by atoms with Crippen LogP contribution in [0.2, 0.25) is 0 Å². The highest BCUT2D eigenvalue weighted by molar-refractivity contribution is 5.03. The van der Waals surface area contributed by atoms with Crippen LogP contribution in [0.1, 0.15) is 66.7 Å². The van der Waals surface area contributed by atoms with Gasteiger partial charge in [0, 0.05) is 11.8 Å². The highest BCUT2D eigenvalue weighted by atomic mass is 16.5. The molecule has 1 saturated heterocycles. The Kier molecular flexibility index (Phi) is 4.88. The highest BCUT2D eigenvalue weighted by Gasteiger charge is 2.47. The van der Waals surface area contributed by atoms with Gasteiger partial charge in [-0.2, -0.15) is 0 Å². The summed E-state index contributed by atoms with van der Waals surface area (Å²) in [5.41, 5.74) is 0.000651. The minimum absolute atomic E-state index is 0.0779. The van der Waals surface area contributed by atoms with Crippen molar-refractivity contribution in [2.75, 3.05) is 0 Å². The molecule has 24 heavy (non-hydrogen) atoms. The number of aryl methyl sites for hydroxylation is 1. The van der Waals surface area contributed by atoms with Crippen LogP contribution in [0.3, 0.4) is 0 Å². The maximum Gasteiger partial charge on any atom is 0.330 e. The molecule has 1 aliphatic heterocycles. The predicted octanol–water partition coefficient (Wildman–Crippen LogP) is 3.48. The van der Waals surface area contributed by atoms with Gasteiger partial charge >= 0.3 is 5.69 Å². The van der Waals surface area contributed by atoms with Gasteiger partial charge in [0.1, 0.15) is 6.23 Å². The fourth-order valence-corrected chi connectivity index (χ4v) is 3.47. The first kappa shape index (κ1) is 19.0. The zero-order chi connectivity index (χ0) is 18.4. The van der Waals surface area contributed by atoms with Crippen molar-refractivity contribution >= 4 is 0 Å². The molecule has 1 aromatic heterocycles. The van der Waals surface area contributed by atoms with Gasteiger partial charge in [-0.25, -0.2) is 4.79 Å². The lowest BCUT2D eigenvalue weighted by Gasteiger charge is -2.39. The average Bonchev–Trinajstić information content (AvgIpc) is 2.85. The van der Waals surface area contributed by atoms with E-state index in [9.17, 15) is 9.59 Å². The lowest BCUT2D eigenvalue weighted by atomic mass is 9.68. The van der Waals surface area contributed by atoms with E-state index in [0.29, 0.717) is 17.4 Å². The van der Waals surface area contributed by atoms with E-state index in [2.05, 4.69) is 53.5 Å². The van der Waals surface area contributed by atoms with Crippen LogP contribution in [0.15, 0.2) is 15.8 Å². The molecule has 1 unspecified atom stereocenters. The van der Waals surface area contributed by atoms with Gasteiger partial charge in [0.15, 0.2) is 0 Å². The molecule has 0 bridgehead atoms. The second-order valence-electron chi connectivity index (χ2n) is 9.40. The number of H-pyrrole nitrogens is 1. The molecule has 1 aliphatic rings. The van der Waals surface area contributed by atoms with Gasteiger partial charge in [0.2, 0.25) is 0 Å². The Hall–Kier alpha value is -1.36. The molecule has 1 N–H and O–H groups in total. The first-order valence-corrected chi connectivity index (χ1v) is 8.80. The molecule has 0 radical (unpaired) electrons. The van der Waals surface area contributed by atoms with E-state index in [1.165, 1.54) is 0 Å². The minimum atomic E-state index is -0.396. The van der Waals surface area contributed by atoms with Crippen LogP contribution in [0.4, 0.5) is 0 Å². The minimum Gasteiger partial charge on any atom is -0.354 e. The lowest BCUT2D eigenvalue weighted by molar-refractivity contribution is -0.0666. The fourth-order valence-electron chi connectivity index (χ4n) is 3.47. The summed E-state index contributed by atoms with van der Waals surface area (Å²) < 4.78 is 7.94. The van der Waals surface area contributed by atoms with Gasteiger partial charge in [-0.05, 0) is 36.0 Å². The van der Waals surface area contributed by atoms with Crippen LogP contribution in [0.5, 0.6) is 0 Å². The Morgan fingerprint density at radius 3 is 2.29 bits per heavy atom. The average molecular weight is 336 g/mol. The summed E-state index contributed by atoms with van der Waals surface area (Å²) in [5.74, 6) is 0.696.